The van der Waals surface area contributed by atoms with Crippen LogP contribution in [-0.4, -0.2) is 41.5 Å². The molecule has 3 rings (SSSR count). The van der Waals surface area contributed by atoms with Crippen molar-refractivity contribution >= 4 is 23.2 Å². The summed E-state index contributed by atoms with van der Waals surface area (Å²) < 4.78 is 10.4. The van der Waals surface area contributed by atoms with Crippen LogP contribution in [0.1, 0.15) is 28.9 Å². The maximum atomic E-state index is 12.6. The first-order chi connectivity index (χ1) is 11.7. The standard InChI is InChI=1S/C17H18N2O4S/c1-22-17(21)15-3-2-8-19(15)16(20)12-4-6-14(7-5-12)23-9-13-10-24-11-18-13/h4-7,10-11,15H,2-3,8-9H2,1H3/t15-/m0/s1. The number of esters is 1. The van der Waals surface area contributed by atoms with Gasteiger partial charge in [0.15, 0.2) is 0 Å². The maximum Gasteiger partial charge on any atom is 0.328 e. The van der Waals surface area contributed by atoms with E-state index in [-0.39, 0.29) is 11.9 Å². The molecule has 1 amide bonds. The summed E-state index contributed by atoms with van der Waals surface area (Å²) in [6.45, 7) is 0.966. The first-order valence-electron chi connectivity index (χ1n) is 7.68. The molecule has 2 aromatic rings. The third-order valence-electron chi connectivity index (χ3n) is 3.96. The van der Waals surface area contributed by atoms with Gasteiger partial charge in [0.25, 0.3) is 5.91 Å². The molecule has 1 aliphatic heterocycles. The Labute approximate surface area is 144 Å². The lowest BCUT2D eigenvalue weighted by Gasteiger charge is -2.22. The summed E-state index contributed by atoms with van der Waals surface area (Å²) >= 11 is 1.52. The molecule has 2 heterocycles. The summed E-state index contributed by atoms with van der Waals surface area (Å²) in [5.74, 6) is 0.156. The molecule has 0 saturated carbocycles. The lowest BCUT2D eigenvalue weighted by atomic mass is 10.1. The van der Waals surface area contributed by atoms with Gasteiger partial charge in [-0.05, 0) is 37.1 Å². The molecule has 126 valence electrons. The molecule has 0 radical (unpaired) electrons. The fourth-order valence-corrected chi connectivity index (χ4v) is 3.26. The van der Waals surface area contributed by atoms with Gasteiger partial charge in [0.1, 0.15) is 18.4 Å². The first kappa shape index (κ1) is 16.4. The second-order valence-corrected chi connectivity index (χ2v) is 6.19. The Kier molecular flexibility index (Phi) is 5.10. The number of likely N-dealkylation sites (tertiary alicyclic amines) is 1. The highest BCUT2D eigenvalue weighted by atomic mass is 32.1. The molecule has 1 aromatic carbocycles. The Morgan fingerprint density at radius 2 is 2.12 bits per heavy atom. The van der Waals surface area contributed by atoms with Gasteiger partial charge in [0, 0.05) is 17.5 Å². The summed E-state index contributed by atoms with van der Waals surface area (Å²) in [4.78, 5) is 30.1. The average molecular weight is 346 g/mol. The number of methoxy groups -OCH3 is 1. The van der Waals surface area contributed by atoms with E-state index in [2.05, 4.69) is 4.98 Å². The van der Waals surface area contributed by atoms with Gasteiger partial charge in [-0.25, -0.2) is 9.78 Å². The van der Waals surface area contributed by atoms with Crippen molar-refractivity contribution in [2.24, 2.45) is 0 Å². The monoisotopic (exact) mass is 346 g/mol. The average Bonchev–Trinajstić information content (AvgIpc) is 3.30. The van der Waals surface area contributed by atoms with Crippen molar-refractivity contribution in [2.75, 3.05) is 13.7 Å². The number of thiazole rings is 1. The van der Waals surface area contributed by atoms with E-state index in [1.54, 1.807) is 34.7 Å². The summed E-state index contributed by atoms with van der Waals surface area (Å²) in [5.41, 5.74) is 3.17. The number of benzene rings is 1. The van der Waals surface area contributed by atoms with Gasteiger partial charge in [0.05, 0.1) is 18.3 Å². The summed E-state index contributed by atoms with van der Waals surface area (Å²) in [7, 11) is 1.35. The highest BCUT2D eigenvalue weighted by Crippen LogP contribution is 2.22. The lowest BCUT2D eigenvalue weighted by molar-refractivity contribution is -0.145. The molecule has 0 bridgehead atoms. The van der Waals surface area contributed by atoms with Crippen LogP contribution in [0.5, 0.6) is 5.75 Å². The number of hydrogen-bond donors (Lipinski definition) is 0. The first-order valence-corrected chi connectivity index (χ1v) is 8.62. The van der Waals surface area contributed by atoms with Crippen LogP contribution in [0.3, 0.4) is 0 Å². The molecular formula is C17H18N2O4S. The Balaban J connectivity index is 1.64. The largest absolute Gasteiger partial charge is 0.487 e. The smallest absolute Gasteiger partial charge is 0.328 e. The van der Waals surface area contributed by atoms with Crippen molar-refractivity contribution in [3.63, 3.8) is 0 Å². The maximum absolute atomic E-state index is 12.6. The Bertz CT molecular complexity index is 700. The fraction of sp³-hybridized carbons (Fsp3) is 0.353. The topological polar surface area (TPSA) is 68.7 Å². The number of hydrogen-bond acceptors (Lipinski definition) is 6. The van der Waals surface area contributed by atoms with Gasteiger partial charge in [-0.15, -0.1) is 11.3 Å². The van der Waals surface area contributed by atoms with Crippen molar-refractivity contribution in [2.45, 2.75) is 25.5 Å². The van der Waals surface area contributed by atoms with Crippen LogP contribution in [0, 0.1) is 0 Å². The number of ether oxygens (including phenoxy) is 2. The number of nitrogens with zero attached hydrogens (tertiary/aromatic N) is 2. The minimum Gasteiger partial charge on any atom is -0.487 e. The third-order valence-corrected chi connectivity index (χ3v) is 4.59. The predicted octanol–water partition coefficient (Wildman–Crippen LogP) is 2.50. The SMILES string of the molecule is COC(=O)[C@@H]1CCCN1C(=O)c1ccc(OCc2cscn2)cc1. The molecule has 0 aliphatic carbocycles. The molecule has 0 spiro atoms. The van der Waals surface area contributed by atoms with Crippen LogP contribution in [0.25, 0.3) is 0 Å². The molecule has 0 unspecified atom stereocenters. The normalized spacial score (nSPS) is 16.9. The van der Waals surface area contributed by atoms with Crippen molar-refractivity contribution in [1.82, 2.24) is 9.88 Å². The van der Waals surface area contributed by atoms with Gasteiger partial charge in [0.2, 0.25) is 0 Å². The zero-order chi connectivity index (χ0) is 16.9. The summed E-state index contributed by atoms with van der Waals surface area (Å²) in [6, 6.07) is 6.45. The third kappa shape index (κ3) is 3.56. The van der Waals surface area contributed by atoms with Crippen molar-refractivity contribution < 1.29 is 19.1 Å². The van der Waals surface area contributed by atoms with E-state index in [0.29, 0.717) is 30.9 Å². The Morgan fingerprint density at radius 1 is 1.33 bits per heavy atom. The Hall–Kier alpha value is -2.41. The van der Waals surface area contributed by atoms with E-state index in [1.165, 1.54) is 18.4 Å². The van der Waals surface area contributed by atoms with Crippen molar-refractivity contribution in [3.05, 3.63) is 46.4 Å². The highest BCUT2D eigenvalue weighted by Gasteiger charge is 2.35. The zero-order valence-corrected chi connectivity index (χ0v) is 14.1. The van der Waals surface area contributed by atoms with Crippen LogP contribution >= 0.6 is 11.3 Å². The van der Waals surface area contributed by atoms with Crippen LogP contribution in [0.2, 0.25) is 0 Å². The van der Waals surface area contributed by atoms with Gasteiger partial charge >= 0.3 is 5.97 Å². The van der Waals surface area contributed by atoms with Crippen LogP contribution in [0.15, 0.2) is 35.2 Å². The number of carbonyl (C=O) groups is 2. The summed E-state index contributed by atoms with van der Waals surface area (Å²) in [6.07, 6.45) is 1.45. The van der Waals surface area contributed by atoms with Gasteiger partial charge < -0.3 is 14.4 Å². The molecule has 24 heavy (non-hydrogen) atoms. The zero-order valence-electron chi connectivity index (χ0n) is 13.3. The number of carbonyl (C=O) groups excluding carboxylic acids is 2. The lowest BCUT2D eigenvalue weighted by Crippen LogP contribution is -2.41. The predicted molar refractivity (Wildman–Crippen MR) is 89.0 cm³/mol. The minimum absolute atomic E-state index is 0.158. The number of aromatic nitrogens is 1. The van der Waals surface area contributed by atoms with E-state index >= 15 is 0 Å². The van der Waals surface area contributed by atoms with E-state index < -0.39 is 6.04 Å². The Morgan fingerprint density at radius 3 is 2.79 bits per heavy atom. The molecule has 1 fully saturated rings. The fourth-order valence-electron chi connectivity index (χ4n) is 2.72. The van der Waals surface area contributed by atoms with Crippen LogP contribution < -0.4 is 4.74 Å². The van der Waals surface area contributed by atoms with E-state index in [0.717, 1.165) is 12.1 Å². The van der Waals surface area contributed by atoms with E-state index in [1.807, 2.05) is 5.38 Å². The van der Waals surface area contributed by atoms with Crippen molar-refractivity contribution in [1.29, 1.82) is 0 Å². The molecule has 1 atom stereocenters. The van der Waals surface area contributed by atoms with E-state index in [9.17, 15) is 9.59 Å². The quantitative estimate of drug-likeness (QED) is 0.778. The minimum atomic E-state index is -0.483. The second-order valence-electron chi connectivity index (χ2n) is 5.47. The molecule has 1 aliphatic rings. The van der Waals surface area contributed by atoms with Crippen LogP contribution in [-0.2, 0) is 16.1 Å². The molecule has 0 N–H and O–H groups in total. The number of amides is 1. The number of rotatable bonds is 5. The van der Waals surface area contributed by atoms with E-state index in [4.69, 9.17) is 9.47 Å². The molecule has 1 saturated heterocycles. The van der Waals surface area contributed by atoms with Gasteiger partial charge in [-0.3, -0.25) is 4.79 Å². The van der Waals surface area contributed by atoms with Gasteiger partial charge in [-0.2, -0.15) is 0 Å². The molecule has 6 nitrogen and oxygen atoms in total. The highest BCUT2D eigenvalue weighted by molar-refractivity contribution is 7.07. The second kappa shape index (κ2) is 7.44. The van der Waals surface area contributed by atoms with Crippen LogP contribution in [0.4, 0.5) is 0 Å². The summed E-state index contributed by atoms with van der Waals surface area (Å²) in [5, 5.41) is 1.93. The molecular weight excluding hydrogens is 328 g/mol. The van der Waals surface area contributed by atoms with Gasteiger partial charge in [-0.1, -0.05) is 0 Å². The molecule has 7 heteroatoms. The van der Waals surface area contributed by atoms with Crippen molar-refractivity contribution in [3.8, 4) is 5.75 Å². The molecule has 1 aromatic heterocycles.